The molecule has 0 saturated carbocycles. The number of halogens is 3. The quantitative estimate of drug-likeness (QED) is 0.333. The second-order valence-corrected chi connectivity index (χ2v) is 10.2. The van der Waals surface area contributed by atoms with E-state index in [0.717, 1.165) is 10.0 Å². The minimum atomic E-state index is -3.82. The zero-order valence-corrected chi connectivity index (χ0v) is 20.9. The highest BCUT2D eigenvalue weighted by molar-refractivity contribution is 9.10. The van der Waals surface area contributed by atoms with Crippen LogP contribution in [0.3, 0.4) is 0 Å². The maximum Gasteiger partial charge on any atom is 0.245 e. The van der Waals surface area contributed by atoms with Crippen LogP contribution in [0.4, 0.5) is 5.82 Å². The summed E-state index contributed by atoms with van der Waals surface area (Å²) < 4.78 is 31.5. The van der Waals surface area contributed by atoms with E-state index in [0.29, 0.717) is 27.9 Å². The van der Waals surface area contributed by atoms with Gasteiger partial charge in [-0.05, 0) is 28.9 Å². The van der Waals surface area contributed by atoms with E-state index >= 15 is 0 Å². The highest BCUT2D eigenvalue weighted by atomic mass is 79.9. The molecule has 3 aromatic heterocycles. The van der Waals surface area contributed by atoms with Gasteiger partial charge in [-0.1, -0.05) is 41.4 Å². The third-order valence-electron chi connectivity index (χ3n) is 4.67. The summed E-state index contributed by atoms with van der Waals surface area (Å²) in [6.07, 6.45) is 1.64. The predicted octanol–water partition coefficient (Wildman–Crippen LogP) is 3.90. The summed E-state index contributed by atoms with van der Waals surface area (Å²) >= 11 is 15.9. The summed E-state index contributed by atoms with van der Waals surface area (Å²) in [5, 5.41) is 12.2. The second-order valence-electron chi connectivity index (χ2n) is 6.89. The van der Waals surface area contributed by atoms with Gasteiger partial charge in [-0.15, -0.1) is 0 Å². The number of hydrogen-bond acceptors (Lipinski definition) is 6. The van der Waals surface area contributed by atoms with Crippen molar-refractivity contribution in [1.82, 2.24) is 29.1 Å². The third-order valence-corrected chi connectivity index (χ3v) is 7.72. The number of nitrogens with one attached hydrogen (secondary N) is 2. The average Bonchev–Trinajstić information content (AvgIpc) is 3.24. The van der Waals surface area contributed by atoms with Crippen molar-refractivity contribution in [1.29, 1.82) is 0 Å². The molecule has 0 bridgehead atoms. The van der Waals surface area contributed by atoms with Gasteiger partial charge in [0.25, 0.3) is 0 Å². The summed E-state index contributed by atoms with van der Waals surface area (Å²) in [6, 6.07) is 9.21. The Morgan fingerprint density at radius 3 is 2.62 bits per heavy atom. The molecular weight excluding hydrogens is 541 g/mol. The van der Waals surface area contributed by atoms with Crippen LogP contribution in [0.1, 0.15) is 5.69 Å². The number of nitrogens with zero attached hydrogens (tertiary/aromatic N) is 5. The first-order valence-electron chi connectivity index (χ1n) is 9.41. The molecule has 0 aliphatic rings. The maximum absolute atomic E-state index is 12.7. The van der Waals surface area contributed by atoms with Crippen LogP contribution in [0, 0.1) is 6.92 Å². The molecule has 0 aliphatic heterocycles. The molecule has 0 atom stereocenters. The minimum Gasteiger partial charge on any atom is -0.369 e. The van der Waals surface area contributed by atoms with Crippen molar-refractivity contribution in [3.63, 3.8) is 0 Å². The van der Waals surface area contributed by atoms with Crippen LogP contribution in [0.15, 0.2) is 45.9 Å². The molecule has 9 nitrogen and oxygen atoms in total. The zero-order chi connectivity index (χ0) is 23.0. The maximum atomic E-state index is 12.7. The molecule has 4 rings (SSSR count). The SMILES string of the molecule is Cc1nn(C)c(Cl)c1S(=O)(=O)NCCNc1cc(-c2ccccc2Cl)nc2c(Br)cnn12. The number of aryl methyl sites for hydroxylation is 2. The largest absolute Gasteiger partial charge is 0.369 e. The fraction of sp³-hybridized carbons (Fsp3) is 0.211. The lowest BCUT2D eigenvalue weighted by molar-refractivity contribution is 0.582. The Bertz CT molecular complexity index is 1420. The van der Waals surface area contributed by atoms with Crippen LogP contribution in [-0.4, -0.2) is 45.9 Å². The number of rotatable bonds is 7. The summed E-state index contributed by atoms with van der Waals surface area (Å²) in [6.45, 7) is 1.99. The molecule has 0 saturated heterocycles. The molecule has 3 heterocycles. The van der Waals surface area contributed by atoms with Crippen LogP contribution in [0.25, 0.3) is 16.9 Å². The van der Waals surface area contributed by atoms with Crippen LogP contribution in [-0.2, 0) is 17.1 Å². The molecule has 0 unspecified atom stereocenters. The molecule has 168 valence electrons. The van der Waals surface area contributed by atoms with Gasteiger partial charge in [0.1, 0.15) is 15.9 Å². The smallest absolute Gasteiger partial charge is 0.245 e. The summed E-state index contributed by atoms with van der Waals surface area (Å²) in [5.74, 6) is 0.630. The Labute approximate surface area is 202 Å². The molecule has 0 aliphatic carbocycles. The molecule has 1 aromatic carbocycles. The Morgan fingerprint density at radius 2 is 1.94 bits per heavy atom. The van der Waals surface area contributed by atoms with Crippen molar-refractivity contribution in [2.75, 3.05) is 18.4 Å². The minimum absolute atomic E-state index is 0.0232. The summed E-state index contributed by atoms with van der Waals surface area (Å²) in [5.41, 5.74) is 2.36. The van der Waals surface area contributed by atoms with Gasteiger partial charge in [0.05, 0.1) is 22.1 Å². The van der Waals surface area contributed by atoms with Gasteiger partial charge in [-0.25, -0.2) is 18.1 Å². The first-order valence-corrected chi connectivity index (χ1v) is 12.4. The van der Waals surface area contributed by atoms with Crippen molar-refractivity contribution in [3.8, 4) is 11.3 Å². The summed E-state index contributed by atoms with van der Waals surface area (Å²) in [4.78, 5) is 4.63. The lowest BCUT2D eigenvalue weighted by Crippen LogP contribution is -2.29. The number of anilines is 1. The number of sulfonamides is 1. The standard InChI is InChI=1S/C19H18BrCl2N7O2S/c1-11-17(18(22)28(2)27-11)32(30,31)25-8-7-23-16-9-15(12-5-3-4-6-14(12)21)26-19-13(20)10-24-29(16)19/h3-6,9-10,23,25H,7-8H2,1-2H3. The Hall–Kier alpha value is -2.18. The van der Waals surface area contributed by atoms with Crippen molar-refractivity contribution in [3.05, 3.63) is 56.9 Å². The van der Waals surface area contributed by atoms with E-state index < -0.39 is 10.0 Å². The van der Waals surface area contributed by atoms with Crippen LogP contribution in [0.2, 0.25) is 10.2 Å². The Balaban J connectivity index is 1.55. The first kappa shape index (κ1) is 23.0. The summed E-state index contributed by atoms with van der Waals surface area (Å²) in [7, 11) is -2.23. The van der Waals surface area contributed by atoms with E-state index in [4.69, 9.17) is 23.2 Å². The van der Waals surface area contributed by atoms with E-state index in [9.17, 15) is 8.42 Å². The van der Waals surface area contributed by atoms with E-state index in [2.05, 4.69) is 41.2 Å². The van der Waals surface area contributed by atoms with Crippen LogP contribution >= 0.6 is 39.1 Å². The number of hydrogen-bond donors (Lipinski definition) is 2. The fourth-order valence-electron chi connectivity index (χ4n) is 3.23. The molecule has 0 spiro atoms. The van der Waals surface area contributed by atoms with Crippen molar-refractivity contribution in [2.24, 2.45) is 7.05 Å². The Kier molecular flexibility index (Phi) is 6.46. The molecular formula is C19H18BrCl2N7O2S. The van der Waals surface area contributed by atoms with Gasteiger partial charge >= 0.3 is 0 Å². The molecule has 0 amide bonds. The predicted molar refractivity (Wildman–Crippen MR) is 128 cm³/mol. The number of fused-ring (bicyclic) bond motifs is 1. The molecule has 13 heteroatoms. The number of aromatic nitrogens is 5. The first-order chi connectivity index (χ1) is 15.2. The van der Waals surface area contributed by atoms with Gasteiger partial charge < -0.3 is 5.32 Å². The van der Waals surface area contributed by atoms with Gasteiger partial charge in [0, 0.05) is 36.8 Å². The zero-order valence-electron chi connectivity index (χ0n) is 17.0. The second kappa shape index (κ2) is 8.99. The van der Waals surface area contributed by atoms with Gasteiger partial charge in [0.2, 0.25) is 10.0 Å². The normalized spacial score (nSPS) is 11.9. The molecule has 0 radical (unpaired) electrons. The van der Waals surface area contributed by atoms with E-state index in [1.807, 2.05) is 24.3 Å². The van der Waals surface area contributed by atoms with E-state index in [-0.39, 0.29) is 23.1 Å². The van der Waals surface area contributed by atoms with E-state index in [1.165, 1.54) is 4.68 Å². The number of benzene rings is 1. The lowest BCUT2D eigenvalue weighted by atomic mass is 10.1. The molecule has 4 aromatic rings. The lowest BCUT2D eigenvalue weighted by Gasteiger charge is -2.12. The van der Waals surface area contributed by atoms with Crippen molar-refractivity contribution < 1.29 is 8.42 Å². The Morgan fingerprint density at radius 1 is 1.19 bits per heavy atom. The van der Waals surface area contributed by atoms with Gasteiger partial charge in [-0.3, -0.25) is 4.68 Å². The van der Waals surface area contributed by atoms with Crippen LogP contribution in [0.5, 0.6) is 0 Å². The average molecular weight is 559 g/mol. The van der Waals surface area contributed by atoms with Crippen LogP contribution < -0.4 is 10.0 Å². The highest BCUT2D eigenvalue weighted by Gasteiger charge is 2.24. The van der Waals surface area contributed by atoms with E-state index in [1.54, 1.807) is 30.8 Å². The van der Waals surface area contributed by atoms with Crippen molar-refractivity contribution in [2.45, 2.75) is 11.8 Å². The topological polar surface area (TPSA) is 106 Å². The monoisotopic (exact) mass is 557 g/mol. The third kappa shape index (κ3) is 4.35. The highest BCUT2D eigenvalue weighted by Crippen LogP contribution is 2.30. The van der Waals surface area contributed by atoms with Crippen molar-refractivity contribution >= 4 is 60.6 Å². The van der Waals surface area contributed by atoms with Gasteiger partial charge in [0.15, 0.2) is 5.65 Å². The molecule has 32 heavy (non-hydrogen) atoms. The molecule has 2 N–H and O–H groups in total. The van der Waals surface area contributed by atoms with Gasteiger partial charge in [-0.2, -0.15) is 14.7 Å². The molecule has 0 fully saturated rings. The fourth-order valence-corrected chi connectivity index (χ4v) is 5.59.